The molecule has 0 aliphatic heterocycles. The fraction of sp³-hybridized carbons (Fsp3) is 0.286. The molecule has 2 aromatic rings. The third-order valence-electron chi connectivity index (χ3n) is 3.16. The van der Waals surface area contributed by atoms with Crippen LogP contribution >= 0.6 is 11.6 Å². The molecule has 0 saturated heterocycles. The predicted octanol–water partition coefficient (Wildman–Crippen LogP) is 3.93. The van der Waals surface area contributed by atoms with Crippen LogP contribution in [0.2, 0.25) is 5.02 Å². The van der Waals surface area contributed by atoms with Crippen molar-refractivity contribution in [2.45, 2.75) is 18.8 Å². The van der Waals surface area contributed by atoms with Gasteiger partial charge in [0.25, 0.3) is 0 Å². The summed E-state index contributed by atoms with van der Waals surface area (Å²) in [5.74, 6) is 2.04. The van der Waals surface area contributed by atoms with Crippen molar-refractivity contribution >= 4 is 28.9 Å². The average Bonchev–Trinajstić information content (AvgIpc) is 3.27. The Morgan fingerprint density at radius 2 is 2.00 bits per heavy atom. The van der Waals surface area contributed by atoms with Gasteiger partial charge in [0.15, 0.2) is 0 Å². The molecule has 0 spiro atoms. The Hall–Kier alpha value is -1.88. The van der Waals surface area contributed by atoms with Crippen LogP contribution in [0.5, 0.6) is 0 Å². The van der Waals surface area contributed by atoms with Crippen LogP contribution in [0.25, 0.3) is 0 Å². The second-order valence-electron chi connectivity index (χ2n) is 4.74. The number of hydrogen-bond acceptors (Lipinski definition) is 4. The lowest BCUT2D eigenvalue weighted by Crippen LogP contribution is -2.04. The molecule has 1 aliphatic carbocycles. The van der Waals surface area contributed by atoms with E-state index in [2.05, 4.69) is 20.6 Å². The van der Waals surface area contributed by atoms with Crippen LogP contribution in [0, 0.1) is 5.82 Å². The van der Waals surface area contributed by atoms with Crippen LogP contribution in [-0.4, -0.2) is 17.0 Å². The summed E-state index contributed by atoms with van der Waals surface area (Å²) in [7, 11) is 1.79. The van der Waals surface area contributed by atoms with Crippen molar-refractivity contribution in [3.63, 3.8) is 0 Å². The molecule has 0 bridgehead atoms. The van der Waals surface area contributed by atoms with Crippen LogP contribution in [0.1, 0.15) is 24.6 Å². The summed E-state index contributed by atoms with van der Waals surface area (Å²) in [5.41, 5.74) is 0.233. The molecule has 104 valence electrons. The van der Waals surface area contributed by atoms with E-state index in [0.29, 0.717) is 22.6 Å². The molecule has 1 heterocycles. The lowest BCUT2D eigenvalue weighted by molar-refractivity contribution is 0.632. The zero-order valence-electron chi connectivity index (χ0n) is 11.0. The molecule has 6 heteroatoms. The molecule has 0 amide bonds. The molecule has 4 nitrogen and oxygen atoms in total. The van der Waals surface area contributed by atoms with Crippen molar-refractivity contribution < 1.29 is 4.39 Å². The summed E-state index contributed by atoms with van der Waals surface area (Å²) in [6, 6.07) is 6.29. The van der Waals surface area contributed by atoms with E-state index in [1.165, 1.54) is 6.07 Å². The number of hydrogen-bond donors (Lipinski definition) is 2. The fourth-order valence-corrected chi connectivity index (χ4v) is 2.14. The van der Waals surface area contributed by atoms with Crippen molar-refractivity contribution in [2.75, 3.05) is 17.7 Å². The van der Waals surface area contributed by atoms with Gasteiger partial charge in [0.05, 0.1) is 10.7 Å². The molecule has 1 saturated carbocycles. The van der Waals surface area contributed by atoms with E-state index < -0.39 is 5.82 Å². The number of halogens is 2. The molecule has 1 fully saturated rings. The standard InChI is InChI=1S/C14H14ClFN4/c1-17-11-7-12(20-14(19-11)8-5-6-8)18-13-9(15)3-2-4-10(13)16/h2-4,7-8H,5-6H2,1H3,(H2,17,18,19,20). The van der Waals surface area contributed by atoms with Gasteiger partial charge in [0.1, 0.15) is 23.3 Å². The Kier molecular flexibility index (Phi) is 3.44. The average molecular weight is 293 g/mol. The monoisotopic (exact) mass is 292 g/mol. The van der Waals surface area contributed by atoms with Crippen LogP contribution in [0.3, 0.4) is 0 Å². The van der Waals surface area contributed by atoms with Crippen molar-refractivity contribution in [3.8, 4) is 0 Å². The molecular weight excluding hydrogens is 279 g/mol. The third-order valence-corrected chi connectivity index (χ3v) is 3.47. The highest BCUT2D eigenvalue weighted by Crippen LogP contribution is 2.39. The minimum atomic E-state index is -0.407. The van der Waals surface area contributed by atoms with E-state index in [-0.39, 0.29) is 5.69 Å². The number of para-hydroxylation sites is 1. The maximum atomic E-state index is 13.8. The lowest BCUT2D eigenvalue weighted by Gasteiger charge is -2.11. The van der Waals surface area contributed by atoms with E-state index in [4.69, 9.17) is 11.6 Å². The molecule has 3 rings (SSSR count). The van der Waals surface area contributed by atoms with Crippen molar-refractivity contribution in [1.29, 1.82) is 0 Å². The maximum Gasteiger partial charge on any atom is 0.148 e. The zero-order chi connectivity index (χ0) is 14.1. The van der Waals surface area contributed by atoms with Gasteiger partial charge >= 0.3 is 0 Å². The van der Waals surface area contributed by atoms with Gasteiger partial charge in [-0.05, 0) is 25.0 Å². The fourth-order valence-electron chi connectivity index (χ4n) is 1.93. The number of rotatable bonds is 4. The van der Waals surface area contributed by atoms with Crippen LogP contribution in [0.4, 0.5) is 21.7 Å². The topological polar surface area (TPSA) is 49.8 Å². The summed E-state index contributed by atoms with van der Waals surface area (Å²) in [5, 5.41) is 6.25. The minimum absolute atomic E-state index is 0.233. The third kappa shape index (κ3) is 2.67. The summed E-state index contributed by atoms with van der Waals surface area (Å²) >= 11 is 6.01. The second kappa shape index (κ2) is 5.25. The smallest absolute Gasteiger partial charge is 0.148 e. The molecule has 1 aromatic heterocycles. The molecule has 0 radical (unpaired) electrons. The number of nitrogens with one attached hydrogen (secondary N) is 2. The highest BCUT2D eigenvalue weighted by molar-refractivity contribution is 6.33. The number of aromatic nitrogens is 2. The zero-order valence-corrected chi connectivity index (χ0v) is 11.7. The van der Waals surface area contributed by atoms with Gasteiger partial charge in [-0.1, -0.05) is 17.7 Å². The van der Waals surface area contributed by atoms with E-state index in [1.54, 1.807) is 25.2 Å². The van der Waals surface area contributed by atoms with Crippen LogP contribution in [-0.2, 0) is 0 Å². The Labute approximate surface area is 121 Å². The summed E-state index contributed by atoms with van der Waals surface area (Å²) in [6.45, 7) is 0. The molecule has 20 heavy (non-hydrogen) atoms. The van der Waals surface area contributed by atoms with Crippen molar-refractivity contribution in [2.24, 2.45) is 0 Å². The molecule has 2 N–H and O–H groups in total. The normalized spacial score (nSPS) is 14.2. The van der Waals surface area contributed by atoms with E-state index in [0.717, 1.165) is 18.7 Å². The van der Waals surface area contributed by atoms with E-state index >= 15 is 0 Å². The maximum absolute atomic E-state index is 13.8. The first-order valence-corrected chi connectivity index (χ1v) is 6.83. The lowest BCUT2D eigenvalue weighted by atomic mass is 10.3. The summed E-state index contributed by atoms with van der Waals surface area (Å²) < 4.78 is 13.8. The number of anilines is 3. The van der Waals surface area contributed by atoms with Crippen molar-refractivity contribution in [1.82, 2.24) is 9.97 Å². The predicted molar refractivity (Wildman–Crippen MR) is 78.2 cm³/mol. The first-order chi connectivity index (χ1) is 9.67. The van der Waals surface area contributed by atoms with Crippen molar-refractivity contribution in [3.05, 3.63) is 40.9 Å². The van der Waals surface area contributed by atoms with E-state index in [1.807, 2.05) is 0 Å². The molecule has 0 unspecified atom stereocenters. The van der Waals surface area contributed by atoms with E-state index in [9.17, 15) is 4.39 Å². The van der Waals surface area contributed by atoms with Crippen LogP contribution < -0.4 is 10.6 Å². The highest BCUT2D eigenvalue weighted by atomic mass is 35.5. The SMILES string of the molecule is CNc1cc(Nc2c(F)cccc2Cl)nc(C2CC2)n1. The first kappa shape index (κ1) is 13.1. The van der Waals surface area contributed by atoms with Gasteiger partial charge in [-0.2, -0.15) is 0 Å². The number of nitrogens with zero attached hydrogens (tertiary/aromatic N) is 2. The van der Waals surface area contributed by atoms with Gasteiger partial charge in [-0.25, -0.2) is 14.4 Å². The largest absolute Gasteiger partial charge is 0.373 e. The second-order valence-corrected chi connectivity index (χ2v) is 5.15. The Balaban J connectivity index is 1.95. The summed E-state index contributed by atoms with van der Waals surface area (Å²) in [6.07, 6.45) is 2.21. The molecule has 0 atom stereocenters. The molecule has 1 aliphatic rings. The quantitative estimate of drug-likeness (QED) is 0.896. The Morgan fingerprint density at radius 1 is 1.25 bits per heavy atom. The first-order valence-electron chi connectivity index (χ1n) is 6.45. The number of benzene rings is 1. The molecule has 1 aromatic carbocycles. The highest BCUT2D eigenvalue weighted by Gasteiger charge is 2.27. The van der Waals surface area contributed by atoms with Gasteiger partial charge in [-0.3, -0.25) is 0 Å². The van der Waals surface area contributed by atoms with Gasteiger partial charge < -0.3 is 10.6 Å². The van der Waals surface area contributed by atoms with Gasteiger partial charge in [-0.15, -0.1) is 0 Å². The van der Waals surface area contributed by atoms with Crippen LogP contribution in [0.15, 0.2) is 24.3 Å². The minimum Gasteiger partial charge on any atom is -0.373 e. The van der Waals surface area contributed by atoms with Gasteiger partial charge in [0, 0.05) is 19.0 Å². The van der Waals surface area contributed by atoms with Gasteiger partial charge in [0.2, 0.25) is 0 Å². The summed E-state index contributed by atoms with van der Waals surface area (Å²) in [4.78, 5) is 8.84. The Morgan fingerprint density at radius 3 is 2.65 bits per heavy atom. The molecular formula is C14H14ClFN4. The Bertz CT molecular complexity index is 623.